The van der Waals surface area contributed by atoms with E-state index in [9.17, 15) is 4.39 Å². The largest absolute Gasteiger partial charge is 0.488 e. The summed E-state index contributed by atoms with van der Waals surface area (Å²) < 4.78 is 19.0. The minimum atomic E-state index is -0.446. The van der Waals surface area contributed by atoms with E-state index in [1.807, 2.05) is 13.8 Å². The van der Waals surface area contributed by atoms with Crippen molar-refractivity contribution in [1.29, 1.82) is 0 Å². The fourth-order valence-electron chi connectivity index (χ4n) is 1.46. The molecule has 0 unspecified atom stereocenters. The topological polar surface area (TPSA) is 47.3 Å². The van der Waals surface area contributed by atoms with E-state index in [0.29, 0.717) is 23.7 Å². The monoisotopic (exact) mass is 282 g/mol. The number of anilines is 2. The summed E-state index contributed by atoms with van der Waals surface area (Å²) in [6, 6.07) is 2.87. The zero-order valence-electron chi connectivity index (χ0n) is 11.2. The van der Waals surface area contributed by atoms with Crippen molar-refractivity contribution < 1.29 is 9.13 Å². The Hall–Kier alpha value is -1.54. The van der Waals surface area contributed by atoms with Crippen LogP contribution in [0.4, 0.5) is 15.8 Å². The van der Waals surface area contributed by atoms with E-state index < -0.39 is 5.82 Å². The Balaban J connectivity index is 2.64. The zero-order valence-corrected chi connectivity index (χ0v) is 12.0. The van der Waals surface area contributed by atoms with Crippen LogP contribution >= 0.6 is 11.8 Å². The second-order valence-electron chi connectivity index (χ2n) is 4.22. The highest BCUT2D eigenvalue weighted by molar-refractivity contribution is 7.99. The molecule has 1 aromatic rings. The third kappa shape index (κ3) is 5.31. The van der Waals surface area contributed by atoms with Gasteiger partial charge in [0.2, 0.25) is 0 Å². The van der Waals surface area contributed by atoms with Gasteiger partial charge in [0, 0.05) is 24.4 Å². The van der Waals surface area contributed by atoms with Crippen molar-refractivity contribution >= 4 is 23.1 Å². The smallest absolute Gasteiger partial charge is 0.167 e. The Labute approximate surface area is 118 Å². The maximum absolute atomic E-state index is 13.6. The summed E-state index contributed by atoms with van der Waals surface area (Å²) in [7, 11) is 0. The van der Waals surface area contributed by atoms with Crippen LogP contribution in [-0.2, 0) is 0 Å². The molecule has 3 nitrogen and oxygen atoms in total. The minimum Gasteiger partial charge on any atom is -0.488 e. The van der Waals surface area contributed by atoms with Crippen molar-refractivity contribution in [3.63, 3.8) is 0 Å². The molecular weight excluding hydrogens is 263 g/mol. The SMILES string of the molecule is C#CCSCCNc1cc(OC(C)C)c(F)cc1N. The number of rotatable bonds is 7. The van der Waals surface area contributed by atoms with E-state index in [0.717, 1.165) is 5.75 Å². The number of terminal acetylenes is 1. The maximum Gasteiger partial charge on any atom is 0.167 e. The van der Waals surface area contributed by atoms with E-state index in [4.69, 9.17) is 16.9 Å². The first kappa shape index (κ1) is 15.5. The molecule has 3 N–H and O–H groups in total. The summed E-state index contributed by atoms with van der Waals surface area (Å²) in [5.74, 6) is 3.87. The second-order valence-corrected chi connectivity index (χ2v) is 5.33. The highest BCUT2D eigenvalue weighted by Crippen LogP contribution is 2.28. The predicted molar refractivity (Wildman–Crippen MR) is 81.2 cm³/mol. The lowest BCUT2D eigenvalue weighted by Gasteiger charge is -2.14. The van der Waals surface area contributed by atoms with Crippen molar-refractivity contribution in [3.05, 3.63) is 17.9 Å². The Morgan fingerprint density at radius 2 is 2.26 bits per heavy atom. The number of thioether (sulfide) groups is 1. The van der Waals surface area contributed by atoms with Gasteiger partial charge < -0.3 is 15.8 Å². The molecule has 0 fully saturated rings. The molecule has 0 aliphatic heterocycles. The molecule has 0 saturated heterocycles. The molecule has 0 bridgehead atoms. The number of ether oxygens (including phenoxy) is 1. The number of benzene rings is 1. The van der Waals surface area contributed by atoms with Crippen LogP contribution in [0.25, 0.3) is 0 Å². The number of halogens is 1. The fraction of sp³-hybridized carbons (Fsp3) is 0.429. The van der Waals surface area contributed by atoms with E-state index in [2.05, 4.69) is 11.2 Å². The summed E-state index contributed by atoms with van der Waals surface area (Å²) in [6.07, 6.45) is 5.07. The third-order valence-electron chi connectivity index (χ3n) is 2.21. The Morgan fingerprint density at radius 3 is 2.89 bits per heavy atom. The average molecular weight is 282 g/mol. The molecule has 0 amide bonds. The Morgan fingerprint density at radius 1 is 1.53 bits per heavy atom. The highest BCUT2D eigenvalue weighted by atomic mass is 32.2. The van der Waals surface area contributed by atoms with Gasteiger partial charge >= 0.3 is 0 Å². The molecule has 104 valence electrons. The quantitative estimate of drug-likeness (QED) is 0.458. The molecule has 1 aromatic carbocycles. The zero-order chi connectivity index (χ0) is 14.3. The second kappa shape index (κ2) is 7.80. The number of nitrogens with two attached hydrogens (primary N) is 1. The number of hydrogen-bond acceptors (Lipinski definition) is 4. The van der Waals surface area contributed by atoms with Crippen LogP contribution in [0, 0.1) is 18.2 Å². The van der Waals surface area contributed by atoms with Crippen molar-refractivity contribution in [2.45, 2.75) is 20.0 Å². The normalized spacial score (nSPS) is 10.3. The van der Waals surface area contributed by atoms with Crippen molar-refractivity contribution in [2.75, 3.05) is 29.1 Å². The molecule has 0 aliphatic rings. The van der Waals surface area contributed by atoms with Gasteiger partial charge in [-0.05, 0) is 13.8 Å². The van der Waals surface area contributed by atoms with Crippen LogP contribution in [-0.4, -0.2) is 24.2 Å². The van der Waals surface area contributed by atoms with Gasteiger partial charge in [-0.2, -0.15) is 0 Å². The Kier molecular flexibility index (Phi) is 6.37. The van der Waals surface area contributed by atoms with Gasteiger partial charge in [0.05, 0.1) is 23.2 Å². The van der Waals surface area contributed by atoms with E-state index in [1.54, 1.807) is 17.8 Å². The number of nitrogens with one attached hydrogen (secondary N) is 1. The lowest BCUT2D eigenvalue weighted by molar-refractivity contribution is 0.231. The van der Waals surface area contributed by atoms with Gasteiger partial charge in [0.1, 0.15) is 0 Å². The van der Waals surface area contributed by atoms with Crippen LogP contribution in [0.15, 0.2) is 12.1 Å². The van der Waals surface area contributed by atoms with Crippen molar-refractivity contribution in [1.82, 2.24) is 0 Å². The van der Waals surface area contributed by atoms with Crippen LogP contribution in [0.2, 0.25) is 0 Å². The number of hydrogen-bond donors (Lipinski definition) is 2. The van der Waals surface area contributed by atoms with Crippen molar-refractivity contribution in [2.24, 2.45) is 0 Å². The summed E-state index contributed by atoms with van der Waals surface area (Å²) in [5, 5.41) is 3.15. The standard InChI is InChI=1S/C14H19FN2OS/c1-4-6-19-7-5-17-13-9-14(18-10(2)3)11(15)8-12(13)16/h1,8-10,17H,5-7,16H2,2-3H3. The summed E-state index contributed by atoms with van der Waals surface area (Å²) in [4.78, 5) is 0. The molecule has 0 aromatic heterocycles. The lowest BCUT2D eigenvalue weighted by Crippen LogP contribution is -2.10. The van der Waals surface area contributed by atoms with Crippen LogP contribution in [0.1, 0.15) is 13.8 Å². The van der Waals surface area contributed by atoms with E-state index >= 15 is 0 Å². The van der Waals surface area contributed by atoms with Gasteiger partial charge in [-0.3, -0.25) is 0 Å². The first-order valence-corrected chi connectivity index (χ1v) is 7.20. The first-order valence-electron chi connectivity index (χ1n) is 6.05. The first-order chi connectivity index (χ1) is 9.04. The fourth-order valence-corrected chi connectivity index (χ4v) is 1.96. The summed E-state index contributed by atoms with van der Waals surface area (Å²) >= 11 is 1.65. The van der Waals surface area contributed by atoms with Crippen LogP contribution in [0.3, 0.4) is 0 Å². The van der Waals surface area contributed by atoms with Gasteiger partial charge in [0.15, 0.2) is 11.6 Å². The Bertz CT molecular complexity index is 457. The van der Waals surface area contributed by atoms with E-state index in [1.165, 1.54) is 6.07 Å². The third-order valence-corrected chi connectivity index (χ3v) is 3.08. The van der Waals surface area contributed by atoms with Gasteiger partial charge in [0.25, 0.3) is 0 Å². The molecule has 5 heteroatoms. The summed E-state index contributed by atoms with van der Waals surface area (Å²) in [5.41, 5.74) is 6.81. The predicted octanol–water partition coefficient (Wildman–Crippen LogP) is 2.97. The molecule has 0 radical (unpaired) electrons. The molecule has 19 heavy (non-hydrogen) atoms. The molecular formula is C14H19FN2OS. The highest BCUT2D eigenvalue weighted by Gasteiger charge is 2.10. The van der Waals surface area contributed by atoms with Crippen LogP contribution < -0.4 is 15.8 Å². The maximum atomic E-state index is 13.6. The summed E-state index contributed by atoms with van der Waals surface area (Å²) in [6.45, 7) is 4.40. The molecule has 0 spiro atoms. The molecule has 0 heterocycles. The van der Waals surface area contributed by atoms with Gasteiger partial charge in [-0.25, -0.2) is 4.39 Å². The van der Waals surface area contributed by atoms with E-state index in [-0.39, 0.29) is 11.9 Å². The van der Waals surface area contributed by atoms with Gasteiger partial charge in [-0.1, -0.05) is 5.92 Å². The molecule has 0 atom stereocenters. The molecule has 1 rings (SSSR count). The minimum absolute atomic E-state index is 0.0860. The molecule has 0 aliphatic carbocycles. The lowest BCUT2D eigenvalue weighted by atomic mass is 10.2. The van der Waals surface area contributed by atoms with Gasteiger partial charge in [-0.15, -0.1) is 18.2 Å². The average Bonchev–Trinajstić information content (AvgIpc) is 2.33. The van der Waals surface area contributed by atoms with Crippen molar-refractivity contribution in [3.8, 4) is 18.1 Å². The number of nitrogen functional groups attached to an aromatic ring is 1. The van der Waals surface area contributed by atoms with Crippen LogP contribution in [0.5, 0.6) is 5.75 Å². The molecule has 0 saturated carbocycles.